The van der Waals surface area contributed by atoms with Gasteiger partial charge >= 0.3 is 0 Å². The van der Waals surface area contributed by atoms with E-state index < -0.39 is 0 Å². The molecular weight excluding hydrogens is 330 g/mol. The van der Waals surface area contributed by atoms with E-state index in [0.717, 1.165) is 24.4 Å². The normalized spacial score (nSPS) is 19.6. The number of hydrogen-bond acceptors (Lipinski definition) is 5. The van der Waals surface area contributed by atoms with Crippen molar-refractivity contribution in [2.75, 3.05) is 20.3 Å². The molecule has 1 fully saturated rings. The minimum atomic E-state index is 0.120. The van der Waals surface area contributed by atoms with E-state index in [1.165, 1.54) is 5.56 Å². The lowest BCUT2D eigenvalue weighted by Crippen LogP contribution is -2.20. The zero-order valence-corrected chi connectivity index (χ0v) is 14.6. The topological polar surface area (TPSA) is 69.4 Å². The van der Waals surface area contributed by atoms with Crippen molar-refractivity contribution < 1.29 is 14.6 Å². The molecule has 6 heteroatoms. The van der Waals surface area contributed by atoms with Gasteiger partial charge < -0.3 is 19.1 Å². The number of aromatic hydroxyl groups is 1. The van der Waals surface area contributed by atoms with Crippen LogP contribution in [-0.4, -0.2) is 40.0 Å². The molecule has 1 aliphatic heterocycles. The van der Waals surface area contributed by atoms with Crippen molar-refractivity contribution in [3.63, 3.8) is 0 Å². The van der Waals surface area contributed by atoms with Crippen LogP contribution in [0.2, 0.25) is 0 Å². The van der Waals surface area contributed by atoms with E-state index in [1.807, 2.05) is 30.7 Å². The van der Waals surface area contributed by atoms with E-state index in [-0.39, 0.29) is 11.8 Å². The Hall–Kier alpha value is -2.86. The Bertz CT molecular complexity index is 879. The van der Waals surface area contributed by atoms with Crippen LogP contribution in [0.3, 0.4) is 0 Å². The van der Waals surface area contributed by atoms with Crippen molar-refractivity contribution in [2.45, 2.75) is 12.5 Å². The van der Waals surface area contributed by atoms with E-state index in [0.29, 0.717) is 18.3 Å². The summed E-state index contributed by atoms with van der Waals surface area (Å²) in [5.74, 6) is 1.77. The third-order valence-corrected chi connectivity index (χ3v) is 4.88. The second-order valence-electron chi connectivity index (χ2n) is 6.47. The third kappa shape index (κ3) is 3.15. The van der Waals surface area contributed by atoms with Crippen molar-refractivity contribution in [1.82, 2.24) is 14.5 Å². The van der Waals surface area contributed by atoms with Crippen LogP contribution >= 0.6 is 0 Å². The van der Waals surface area contributed by atoms with Gasteiger partial charge in [-0.25, -0.2) is 4.98 Å². The van der Waals surface area contributed by atoms with Crippen molar-refractivity contribution >= 4 is 0 Å². The van der Waals surface area contributed by atoms with Crippen molar-refractivity contribution in [1.29, 1.82) is 0 Å². The van der Waals surface area contributed by atoms with Gasteiger partial charge in [-0.05, 0) is 42.3 Å². The maximum absolute atomic E-state index is 9.84. The number of phenols is 1. The molecule has 1 N–H and O–H groups in total. The number of ether oxygens (including phenoxy) is 2. The van der Waals surface area contributed by atoms with Crippen molar-refractivity contribution in [3.05, 3.63) is 60.7 Å². The SMILES string of the molecule is COc1cc(-c2nccn2[C@@H]2COC[C@H]2Cc2ccncc2)ccc1O. The van der Waals surface area contributed by atoms with Crippen LogP contribution in [0.4, 0.5) is 0 Å². The number of hydrogen-bond donors (Lipinski definition) is 1. The maximum atomic E-state index is 9.84. The fraction of sp³-hybridized carbons (Fsp3) is 0.300. The minimum Gasteiger partial charge on any atom is -0.504 e. The number of aromatic nitrogens is 3. The number of imidazole rings is 1. The third-order valence-electron chi connectivity index (χ3n) is 4.88. The van der Waals surface area contributed by atoms with Gasteiger partial charge in [-0.1, -0.05) is 0 Å². The van der Waals surface area contributed by atoms with E-state index in [1.54, 1.807) is 19.4 Å². The Kier molecular flexibility index (Phi) is 4.58. The molecule has 3 heterocycles. The molecule has 1 saturated heterocycles. The quantitative estimate of drug-likeness (QED) is 0.765. The van der Waals surface area contributed by atoms with Crippen LogP contribution in [0.5, 0.6) is 11.5 Å². The Morgan fingerprint density at radius 3 is 2.85 bits per heavy atom. The largest absolute Gasteiger partial charge is 0.504 e. The molecule has 2 aromatic heterocycles. The van der Waals surface area contributed by atoms with Gasteiger partial charge in [0.1, 0.15) is 5.82 Å². The summed E-state index contributed by atoms with van der Waals surface area (Å²) >= 11 is 0. The average Bonchev–Trinajstić information content (AvgIpc) is 3.32. The summed E-state index contributed by atoms with van der Waals surface area (Å²) in [5.41, 5.74) is 2.16. The smallest absolute Gasteiger partial charge is 0.161 e. The molecule has 0 saturated carbocycles. The highest BCUT2D eigenvalue weighted by atomic mass is 16.5. The summed E-state index contributed by atoms with van der Waals surface area (Å²) in [6, 6.07) is 9.60. The van der Waals surface area contributed by atoms with Crippen LogP contribution in [-0.2, 0) is 11.2 Å². The number of rotatable bonds is 5. The minimum absolute atomic E-state index is 0.120. The first-order valence-electron chi connectivity index (χ1n) is 8.63. The lowest BCUT2D eigenvalue weighted by atomic mass is 9.95. The fourth-order valence-electron chi connectivity index (χ4n) is 3.53. The van der Waals surface area contributed by atoms with E-state index in [4.69, 9.17) is 9.47 Å². The molecule has 1 aliphatic rings. The molecule has 0 radical (unpaired) electrons. The Morgan fingerprint density at radius 2 is 2.04 bits per heavy atom. The summed E-state index contributed by atoms with van der Waals surface area (Å²) in [6.45, 7) is 1.39. The molecule has 1 aromatic carbocycles. The Balaban J connectivity index is 1.63. The first-order valence-corrected chi connectivity index (χ1v) is 8.63. The molecule has 0 aliphatic carbocycles. The van der Waals surface area contributed by atoms with Crippen LogP contribution in [0, 0.1) is 5.92 Å². The van der Waals surface area contributed by atoms with Gasteiger partial charge in [-0.15, -0.1) is 0 Å². The molecule has 134 valence electrons. The van der Waals surface area contributed by atoms with Gasteiger partial charge in [0.05, 0.1) is 26.4 Å². The molecule has 26 heavy (non-hydrogen) atoms. The van der Waals surface area contributed by atoms with Gasteiger partial charge in [0.15, 0.2) is 11.5 Å². The van der Waals surface area contributed by atoms with Crippen LogP contribution < -0.4 is 4.74 Å². The summed E-state index contributed by atoms with van der Waals surface area (Å²) in [5, 5.41) is 9.84. The van der Waals surface area contributed by atoms with Gasteiger partial charge in [-0.2, -0.15) is 0 Å². The first-order chi connectivity index (χ1) is 12.8. The molecule has 2 atom stereocenters. The number of nitrogens with zero attached hydrogens (tertiary/aromatic N) is 3. The number of pyridine rings is 1. The zero-order valence-electron chi connectivity index (χ0n) is 14.6. The van der Waals surface area contributed by atoms with Crippen LogP contribution in [0.25, 0.3) is 11.4 Å². The average molecular weight is 351 g/mol. The van der Waals surface area contributed by atoms with Crippen molar-refractivity contribution in [3.8, 4) is 22.9 Å². The molecule has 3 aromatic rings. The summed E-state index contributed by atoms with van der Waals surface area (Å²) in [7, 11) is 1.54. The molecular formula is C20H21N3O3. The van der Waals surface area contributed by atoms with Crippen molar-refractivity contribution in [2.24, 2.45) is 5.92 Å². The first kappa shape index (κ1) is 16.6. The molecule has 0 unspecified atom stereocenters. The lowest BCUT2D eigenvalue weighted by molar-refractivity contribution is 0.181. The molecule has 0 bridgehead atoms. The maximum Gasteiger partial charge on any atom is 0.161 e. The van der Waals surface area contributed by atoms with Gasteiger partial charge in [-0.3, -0.25) is 4.98 Å². The fourth-order valence-corrected chi connectivity index (χ4v) is 3.53. The summed E-state index contributed by atoms with van der Waals surface area (Å²) in [6.07, 6.45) is 8.38. The van der Waals surface area contributed by atoms with Gasteiger partial charge in [0.2, 0.25) is 0 Å². The second-order valence-corrected chi connectivity index (χ2v) is 6.47. The standard InChI is InChI=1S/C20H21N3O3/c1-25-19-11-15(2-3-18(19)24)20-22-8-9-23(20)17-13-26-12-16(17)10-14-4-6-21-7-5-14/h2-9,11,16-17,24H,10,12-13H2,1H3/t16-,17-/m1/s1. The van der Waals surface area contributed by atoms with Gasteiger partial charge in [0.25, 0.3) is 0 Å². The zero-order chi connectivity index (χ0) is 17.9. The lowest BCUT2D eigenvalue weighted by Gasteiger charge is -2.21. The van der Waals surface area contributed by atoms with E-state index in [9.17, 15) is 5.11 Å². The van der Waals surface area contributed by atoms with Crippen LogP contribution in [0.1, 0.15) is 11.6 Å². The van der Waals surface area contributed by atoms with Gasteiger partial charge in [0, 0.05) is 36.3 Å². The molecule has 6 nitrogen and oxygen atoms in total. The predicted molar refractivity (Wildman–Crippen MR) is 97.2 cm³/mol. The summed E-state index contributed by atoms with van der Waals surface area (Å²) < 4.78 is 13.2. The van der Waals surface area contributed by atoms with Crippen LogP contribution in [0.15, 0.2) is 55.1 Å². The molecule has 0 amide bonds. The number of benzene rings is 1. The Morgan fingerprint density at radius 1 is 1.19 bits per heavy atom. The summed E-state index contributed by atoms with van der Waals surface area (Å²) in [4.78, 5) is 8.63. The highest BCUT2D eigenvalue weighted by molar-refractivity contribution is 5.61. The second kappa shape index (κ2) is 7.17. The highest BCUT2D eigenvalue weighted by Crippen LogP contribution is 2.35. The number of methoxy groups -OCH3 is 1. The highest BCUT2D eigenvalue weighted by Gasteiger charge is 2.31. The predicted octanol–water partition coefficient (Wildman–Crippen LogP) is 3.09. The number of phenolic OH excluding ortho intramolecular Hbond substituents is 1. The monoisotopic (exact) mass is 351 g/mol. The molecule has 4 rings (SSSR count). The van der Waals surface area contributed by atoms with E-state index >= 15 is 0 Å². The van der Waals surface area contributed by atoms with E-state index in [2.05, 4.69) is 26.7 Å². The molecule has 0 spiro atoms. The Labute approximate surface area is 152 Å².